The van der Waals surface area contributed by atoms with Gasteiger partial charge in [-0.05, 0) is 73.2 Å². The first kappa shape index (κ1) is 21.9. The zero-order valence-electron chi connectivity index (χ0n) is 18.5. The second-order valence-corrected chi connectivity index (χ2v) is 8.89. The summed E-state index contributed by atoms with van der Waals surface area (Å²) in [4.78, 5) is 18.1. The van der Waals surface area contributed by atoms with Crippen LogP contribution in [0, 0.1) is 6.92 Å². The minimum atomic E-state index is -0.190. The van der Waals surface area contributed by atoms with E-state index in [1.54, 1.807) is 0 Å². The third-order valence-corrected chi connectivity index (χ3v) is 5.97. The van der Waals surface area contributed by atoms with E-state index in [-0.39, 0.29) is 5.91 Å². The van der Waals surface area contributed by atoms with Gasteiger partial charge in [0.15, 0.2) is 0 Å². The zero-order valence-corrected chi connectivity index (χ0v) is 20.0. The number of halogens is 1. The fraction of sp³-hybridized carbons (Fsp3) is 0.0345. The third-order valence-electron chi connectivity index (χ3n) is 5.44. The summed E-state index contributed by atoms with van der Waals surface area (Å²) in [6.45, 7) is 2.02. The van der Waals surface area contributed by atoms with Crippen molar-refractivity contribution in [3.8, 4) is 22.8 Å². The number of amides is 1. The van der Waals surface area contributed by atoms with Crippen LogP contribution < -0.4 is 10.1 Å². The summed E-state index contributed by atoms with van der Waals surface area (Å²) >= 11 is 3.47. The number of aryl methyl sites for hydroxylation is 1. The van der Waals surface area contributed by atoms with Crippen molar-refractivity contribution in [1.29, 1.82) is 0 Å². The van der Waals surface area contributed by atoms with E-state index < -0.39 is 0 Å². The van der Waals surface area contributed by atoms with Gasteiger partial charge in [0, 0.05) is 21.1 Å². The Hall–Kier alpha value is -3.96. The lowest BCUT2D eigenvalue weighted by molar-refractivity contribution is 0.102. The Kier molecular flexibility index (Phi) is 6.11. The van der Waals surface area contributed by atoms with Crippen molar-refractivity contribution in [2.24, 2.45) is 0 Å². The number of carbonyl (C=O) groups excluding carboxylic acids is 1. The molecule has 1 heterocycles. The second-order valence-electron chi connectivity index (χ2n) is 7.98. The van der Waals surface area contributed by atoms with Crippen LogP contribution in [0.5, 0.6) is 11.5 Å². The van der Waals surface area contributed by atoms with Gasteiger partial charge in [-0.1, -0.05) is 58.4 Å². The van der Waals surface area contributed by atoms with Crippen molar-refractivity contribution in [1.82, 2.24) is 4.98 Å². The maximum Gasteiger partial charge on any atom is 0.256 e. The lowest BCUT2D eigenvalue weighted by Crippen LogP contribution is -2.13. The van der Waals surface area contributed by atoms with E-state index in [1.165, 1.54) is 0 Å². The molecule has 0 saturated heterocycles. The van der Waals surface area contributed by atoms with Crippen molar-refractivity contribution in [2.75, 3.05) is 5.32 Å². The molecule has 0 aliphatic rings. The quantitative estimate of drug-likeness (QED) is 0.261. The largest absolute Gasteiger partial charge is 0.457 e. The molecule has 0 spiro atoms. The molecule has 4 aromatic carbocycles. The Balaban J connectivity index is 1.41. The average molecular weight is 509 g/mol. The maximum absolute atomic E-state index is 13.3. The molecule has 5 aromatic rings. The second kappa shape index (κ2) is 9.49. The smallest absolute Gasteiger partial charge is 0.256 e. The van der Waals surface area contributed by atoms with Crippen LogP contribution in [0.15, 0.2) is 108 Å². The SMILES string of the molecule is Cc1cccc(Oc2ccc(NC(=O)c3cc(-c4ccc(Br)cc4)nc4ccccc34)cc2)c1. The van der Waals surface area contributed by atoms with E-state index in [1.807, 2.05) is 110 Å². The molecule has 0 saturated carbocycles. The number of fused-ring (bicyclic) bond motifs is 1. The number of aromatic nitrogens is 1. The standard InChI is InChI=1S/C29H21BrN2O2/c1-19-5-4-6-24(17-19)34-23-15-13-22(14-16-23)31-29(33)26-18-28(20-9-11-21(30)12-10-20)32-27-8-3-2-7-25(26)27/h2-18H,1H3,(H,31,33). The lowest BCUT2D eigenvalue weighted by atomic mass is 10.0. The number of carbonyl (C=O) groups is 1. The minimum Gasteiger partial charge on any atom is -0.457 e. The first-order chi connectivity index (χ1) is 16.5. The number of pyridine rings is 1. The highest BCUT2D eigenvalue weighted by Gasteiger charge is 2.14. The highest BCUT2D eigenvalue weighted by molar-refractivity contribution is 9.10. The summed E-state index contributed by atoms with van der Waals surface area (Å²) in [5.74, 6) is 1.29. The van der Waals surface area contributed by atoms with Gasteiger partial charge < -0.3 is 10.1 Å². The number of nitrogens with one attached hydrogen (secondary N) is 1. The molecule has 0 atom stereocenters. The van der Waals surface area contributed by atoms with Crippen LogP contribution in [-0.2, 0) is 0 Å². The van der Waals surface area contributed by atoms with E-state index in [9.17, 15) is 4.79 Å². The first-order valence-corrected chi connectivity index (χ1v) is 11.7. The molecule has 0 aliphatic heterocycles. The van der Waals surface area contributed by atoms with Crippen LogP contribution in [0.1, 0.15) is 15.9 Å². The molecule has 5 heteroatoms. The van der Waals surface area contributed by atoms with Gasteiger partial charge in [0.05, 0.1) is 16.8 Å². The van der Waals surface area contributed by atoms with Gasteiger partial charge >= 0.3 is 0 Å². The molecular formula is C29H21BrN2O2. The molecule has 166 valence electrons. The van der Waals surface area contributed by atoms with E-state index in [4.69, 9.17) is 9.72 Å². The van der Waals surface area contributed by atoms with Crippen molar-refractivity contribution in [2.45, 2.75) is 6.92 Å². The molecular weight excluding hydrogens is 488 g/mol. The fourth-order valence-corrected chi connectivity index (χ4v) is 4.02. The molecule has 0 fully saturated rings. The predicted molar refractivity (Wildman–Crippen MR) is 141 cm³/mol. The maximum atomic E-state index is 13.3. The highest BCUT2D eigenvalue weighted by atomic mass is 79.9. The topological polar surface area (TPSA) is 51.2 Å². The summed E-state index contributed by atoms with van der Waals surface area (Å²) in [5, 5.41) is 3.81. The molecule has 5 rings (SSSR count). The van der Waals surface area contributed by atoms with Crippen molar-refractivity contribution in [3.05, 3.63) is 119 Å². The van der Waals surface area contributed by atoms with E-state index in [0.717, 1.165) is 37.9 Å². The van der Waals surface area contributed by atoms with Crippen LogP contribution in [0.2, 0.25) is 0 Å². The summed E-state index contributed by atoms with van der Waals surface area (Å²) in [6, 6.07) is 32.7. The van der Waals surface area contributed by atoms with Crippen molar-refractivity contribution < 1.29 is 9.53 Å². The van der Waals surface area contributed by atoms with Gasteiger partial charge in [-0.15, -0.1) is 0 Å². The normalized spacial score (nSPS) is 10.8. The van der Waals surface area contributed by atoms with Gasteiger partial charge in [0.25, 0.3) is 5.91 Å². The van der Waals surface area contributed by atoms with Crippen LogP contribution in [0.4, 0.5) is 5.69 Å². The number of benzene rings is 4. The molecule has 1 aromatic heterocycles. The molecule has 4 nitrogen and oxygen atoms in total. The minimum absolute atomic E-state index is 0.190. The molecule has 34 heavy (non-hydrogen) atoms. The van der Waals surface area contributed by atoms with Crippen molar-refractivity contribution in [3.63, 3.8) is 0 Å². The number of ether oxygens (including phenoxy) is 1. The van der Waals surface area contributed by atoms with Gasteiger partial charge in [0.2, 0.25) is 0 Å². The van der Waals surface area contributed by atoms with Gasteiger partial charge in [-0.25, -0.2) is 4.98 Å². The van der Waals surface area contributed by atoms with Crippen molar-refractivity contribution >= 4 is 38.4 Å². The van der Waals surface area contributed by atoms with Crippen LogP contribution in [-0.4, -0.2) is 10.9 Å². The number of para-hydroxylation sites is 1. The average Bonchev–Trinajstić information content (AvgIpc) is 2.85. The van der Waals surface area contributed by atoms with Crippen LogP contribution in [0.25, 0.3) is 22.2 Å². The number of hydrogen-bond donors (Lipinski definition) is 1. The molecule has 0 aliphatic carbocycles. The number of hydrogen-bond acceptors (Lipinski definition) is 3. The van der Waals surface area contributed by atoms with E-state index >= 15 is 0 Å². The van der Waals surface area contributed by atoms with Gasteiger partial charge in [-0.2, -0.15) is 0 Å². The Morgan fingerprint density at radius 2 is 1.59 bits per heavy atom. The number of anilines is 1. The summed E-state index contributed by atoms with van der Waals surface area (Å²) in [7, 11) is 0. The molecule has 1 amide bonds. The summed E-state index contributed by atoms with van der Waals surface area (Å²) in [6.07, 6.45) is 0. The zero-order chi connectivity index (χ0) is 23.5. The third kappa shape index (κ3) is 4.85. The summed E-state index contributed by atoms with van der Waals surface area (Å²) < 4.78 is 6.90. The van der Waals surface area contributed by atoms with E-state index in [2.05, 4.69) is 21.2 Å². The Morgan fingerprint density at radius 3 is 2.35 bits per heavy atom. The van der Waals surface area contributed by atoms with E-state index in [0.29, 0.717) is 17.0 Å². The van der Waals surface area contributed by atoms with Crippen LogP contribution in [0.3, 0.4) is 0 Å². The molecule has 0 unspecified atom stereocenters. The fourth-order valence-electron chi connectivity index (χ4n) is 3.75. The Morgan fingerprint density at radius 1 is 0.824 bits per heavy atom. The Labute approximate surface area is 206 Å². The van der Waals surface area contributed by atoms with Crippen LogP contribution >= 0.6 is 15.9 Å². The molecule has 1 N–H and O–H groups in total. The summed E-state index contributed by atoms with van der Waals surface area (Å²) in [5.41, 5.74) is 4.86. The number of rotatable bonds is 5. The predicted octanol–water partition coefficient (Wildman–Crippen LogP) is 8.02. The Bertz CT molecular complexity index is 1480. The first-order valence-electron chi connectivity index (χ1n) is 10.9. The van der Waals surface area contributed by atoms with Gasteiger partial charge in [-0.3, -0.25) is 4.79 Å². The van der Waals surface area contributed by atoms with Gasteiger partial charge in [0.1, 0.15) is 11.5 Å². The number of nitrogens with zero attached hydrogens (tertiary/aromatic N) is 1. The molecule has 0 bridgehead atoms. The monoisotopic (exact) mass is 508 g/mol. The molecule has 0 radical (unpaired) electrons. The lowest BCUT2D eigenvalue weighted by Gasteiger charge is -2.12. The highest BCUT2D eigenvalue weighted by Crippen LogP contribution is 2.28.